The van der Waals surface area contributed by atoms with E-state index < -0.39 is 0 Å². The topological polar surface area (TPSA) is 12.9 Å². The summed E-state index contributed by atoms with van der Waals surface area (Å²) in [6, 6.07) is 30.0. The highest BCUT2D eigenvalue weighted by atomic mass is 32.1. The average molecular weight is 351 g/mol. The van der Waals surface area contributed by atoms with Crippen LogP contribution in [-0.4, -0.2) is 4.98 Å². The summed E-state index contributed by atoms with van der Waals surface area (Å²) in [5.74, 6) is 0. The lowest BCUT2D eigenvalue weighted by atomic mass is 9.95. The number of nitrogens with zero attached hydrogens (tertiary/aromatic N) is 1. The monoisotopic (exact) mass is 351 g/mol. The van der Waals surface area contributed by atoms with Crippen LogP contribution in [0.3, 0.4) is 0 Å². The molecule has 0 saturated heterocycles. The minimum atomic E-state index is 1.03. The van der Waals surface area contributed by atoms with Gasteiger partial charge in [0.2, 0.25) is 0 Å². The SMILES string of the molecule is Cc1ccc(-c2ccc3ccccc3c2-c2ccc3ccccc3n2)s1. The normalized spacial score (nSPS) is 11.3. The number of thiophene rings is 1. The van der Waals surface area contributed by atoms with Gasteiger partial charge < -0.3 is 0 Å². The zero-order chi connectivity index (χ0) is 17.5. The first-order chi connectivity index (χ1) is 12.8. The molecule has 3 aromatic carbocycles. The number of hydrogen-bond acceptors (Lipinski definition) is 2. The number of para-hydroxylation sites is 1. The van der Waals surface area contributed by atoms with E-state index in [-0.39, 0.29) is 0 Å². The van der Waals surface area contributed by atoms with Crippen LogP contribution in [0.25, 0.3) is 43.4 Å². The average Bonchev–Trinajstić information content (AvgIpc) is 3.13. The zero-order valence-corrected chi connectivity index (χ0v) is 15.3. The van der Waals surface area contributed by atoms with E-state index in [2.05, 4.69) is 85.8 Å². The molecule has 2 heterocycles. The van der Waals surface area contributed by atoms with Crippen LogP contribution in [0.1, 0.15) is 4.88 Å². The fourth-order valence-electron chi connectivity index (χ4n) is 3.54. The lowest BCUT2D eigenvalue weighted by Gasteiger charge is -2.13. The third-order valence-corrected chi connectivity index (χ3v) is 5.82. The number of fused-ring (bicyclic) bond motifs is 2. The van der Waals surface area contributed by atoms with Crippen molar-refractivity contribution >= 4 is 33.0 Å². The summed E-state index contributed by atoms with van der Waals surface area (Å²) in [7, 11) is 0. The fourth-order valence-corrected chi connectivity index (χ4v) is 4.44. The molecular formula is C24H17NS. The summed E-state index contributed by atoms with van der Waals surface area (Å²) in [5.41, 5.74) is 4.54. The minimum Gasteiger partial charge on any atom is -0.248 e. The first-order valence-corrected chi connectivity index (χ1v) is 9.56. The van der Waals surface area contributed by atoms with E-state index in [1.54, 1.807) is 0 Å². The molecule has 0 amide bonds. The maximum absolute atomic E-state index is 4.99. The molecular weight excluding hydrogens is 334 g/mol. The van der Waals surface area contributed by atoms with Gasteiger partial charge in [-0.15, -0.1) is 11.3 Å². The van der Waals surface area contributed by atoms with E-state index in [1.807, 2.05) is 17.4 Å². The van der Waals surface area contributed by atoms with Gasteiger partial charge in [-0.05, 0) is 42.0 Å². The molecule has 5 rings (SSSR count). The van der Waals surface area contributed by atoms with Crippen LogP contribution in [0.2, 0.25) is 0 Å². The Labute approximate surface area is 156 Å². The van der Waals surface area contributed by atoms with Gasteiger partial charge in [-0.25, -0.2) is 4.98 Å². The van der Waals surface area contributed by atoms with Gasteiger partial charge in [0.25, 0.3) is 0 Å². The van der Waals surface area contributed by atoms with Crippen molar-refractivity contribution in [1.82, 2.24) is 4.98 Å². The second kappa shape index (κ2) is 6.08. The Morgan fingerprint density at radius 1 is 0.692 bits per heavy atom. The predicted octanol–water partition coefficient (Wildman–Crippen LogP) is 7.09. The summed E-state index contributed by atoms with van der Waals surface area (Å²) < 4.78 is 0. The zero-order valence-electron chi connectivity index (χ0n) is 14.4. The summed E-state index contributed by atoms with van der Waals surface area (Å²) >= 11 is 1.83. The van der Waals surface area contributed by atoms with Crippen LogP contribution >= 0.6 is 11.3 Å². The highest BCUT2D eigenvalue weighted by molar-refractivity contribution is 7.15. The third-order valence-electron chi connectivity index (χ3n) is 4.79. The van der Waals surface area contributed by atoms with Gasteiger partial charge in [-0.1, -0.05) is 60.7 Å². The maximum Gasteiger partial charge on any atom is 0.0722 e. The molecule has 0 aliphatic rings. The highest BCUT2D eigenvalue weighted by Crippen LogP contribution is 2.40. The van der Waals surface area contributed by atoms with E-state index in [9.17, 15) is 0 Å². The summed E-state index contributed by atoms with van der Waals surface area (Å²) in [6.45, 7) is 2.16. The molecule has 0 spiro atoms. The van der Waals surface area contributed by atoms with E-state index in [0.717, 1.165) is 11.2 Å². The van der Waals surface area contributed by atoms with Crippen LogP contribution in [0.4, 0.5) is 0 Å². The molecule has 0 saturated carbocycles. The lowest BCUT2D eigenvalue weighted by Crippen LogP contribution is -1.90. The van der Waals surface area contributed by atoms with E-state index in [0.29, 0.717) is 0 Å². The van der Waals surface area contributed by atoms with Gasteiger partial charge in [0.1, 0.15) is 0 Å². The molecule has 0 unspecified atom stereocenters. The Kier molecular flexibility index (Phi) is 3.58. The lowest BCUT2D eigenvalue weighted by molar-refractivity contribution is 1.41. The van der Waals surface area contributed by atoms with Gasteiger partial charge in [0.05, 0.1) is 11.2 Å². The van der Waals surface area contributed by atoms with Gasteiger partial charge in [-0.2, -0.15) is 0 Å². The first kappa shape index (κ1) is 15.3. The van der Waals surface area contributed by atoms with Crippen LogP contribution in [-0.2, 0) is 0 Å². The van der Waals surface area contributed by atoms with Crippen molar-refractivity contribution in [2.45, 2.75) is 6.92 Å². The molecule has 0 atom stereocenters. The van der Waals surface area contributed by atoms with Crippen molar-refractivity contribution in [3.05, 3.63) is 89.8 Å². The first-order valence-electron chi connectivity index (χ1n) is 8.74. The molecule has 0 bridgehead atoms. The van der Waals surface area contributed by atoms with Crippen LogP contribution in [0.15, 0.2) is 84.9 Å². The van der Waals surface area contributed by atoms with Crippen molar-refractivity contribution in [3.63, 3.8) is 0 Å². The van der Waals surface area contributed by atoms with Crippen molar-refractivity contribution < 1.29 is 0 Å². The summed E-state index contributed by atoms with van der Waals surface area (Å²) in [4.78, 5) is 7.61. The Morgan fingerprint density at radius 3 is 2.31 bits per heavy atom. The molecule has 0 radical (unpaired) electrons. The maximum atomic E-state index is 4.99. The van der Waals surface area contributed by atoms with Crippen molar-refractivity contribution in [2.75, 3.05) is 0 Å². The highest BCUT2D eigenvalue weighted by Gasteiger charge is 2.14. The molecule has 124 valence electrons. The number of benzene rings is 3. The van der Waals surface area contributed by atoms with Crippen LogP contribution in [0.5, 0.6) is 0 Å². The molecule has 0 aliphatic heterocycles. The minimum absolute atomic E-state index is 1.03. The van der Waals surface area contributed by atoms with Gasteiger partial charge >= 0.3 is 0 Å². The van der Waals surface area contributed by atoms with Gasteiger partial charge in [-0.3, -0.25) is 0 Å². The second-order valence-electron chi connectivity index (χ2n) is 6.51. The predicted molar refractivity (Wildman–Crippen MR) is 113 cm³/mol. The van der Waals surface area contributed by atoms with Crippen LogP contribution < -0.4 is 0 Å². The molecule has 0 fully saturated rings. The Bertz CT molecular complexity index is 1250. The van der Waals surface area contributed by atoms with Crippen molar-refractivity contribution in [2.24, 2.45) is 0 Å². The number of aryl methyl sites for hydroxylation is 1. The van der Waals surface area contributed by atoms with Crippen LogP contribution in [0, 0.1) is 6.92 Å². The fraction of sp³-hybridized carbons (Fsp3) is 0.0417. The largest absolute Gasteiger partial charge is 0.248 e. The molecule has 2 aromatic heterocycles. The second-order valence-corrected chi connectivity index (χ2v) is 7.80. The summed E-state index contributed by atoms with van der Waals surface area (Å²) in [6.07, 6.45) is 0. The number of pyridine rings is 1. The molecule has 0 aliphatic carbocycles. The Balaban J connectivity index is 1.86. The van der Waals surface area contributed by atoms with Gasteiger partial charge in [0, 0.05) is 26.3 Å². The third kappa shape index (κ3) is 2.51. The van der Waals surface area contributed by atoms with E-state index >= 15 is 0 Å². The molecule has 1 nitrogen and oxygen atoms in total. The molecule has 5 aromatic rings. The van der Waals surface area contributed by atoms with E-state index in [1.165, 1.54) is 37.0 Å². The van der Waals surface area contributed by atoms with E-state index in [4.69, 9.17) is 4.98 Å². The molecule has 26 heavy (non-hydrogen) atoms. The number of rotatable bonds is 2. The number of hydrogen-bond donors (Lipinski definition) is 0. The van der Waals surface area contributed by atoms with Gasteiger partial charge in [0.15, 0.2) is 0 Å². The molecule has 2 heteroatoms. The quantitative estimate of drug-likeness (QED) is 0.331. The Hall–Kier alpha value is -2.97. The Morgan fingerprint density at radius 2 is 1.46 bits per heavy atom. The standard InChI is InChI=1S/C24H17NS/c1-16-10-15-23(26-16)20-13-11-17-6-2-4-8-19(17)24(20)22-14-12-18-7-3-5-9-21(18)25-22/h2-15H,1H3. The molecule has 0 N–H and O–H groups in total. The summed E-state index contributed by atoms with van der Waals surface area (Å²) in [5, 5.41) is 3.67. The number of aromatic nitrogens is 1. The van der Waals surface area contributed by atoms with Crippen molar-refractivity contribution in [3.8, 4) is 21.7 Å². The van der Waals surface area contributed by atoms with Crippen molar-refractivity contribution in [1.29, 1.82) is 0 Å². The smallest absolute Gasteiger partial charge is 0.0722 e.